The lowest BCUT2D eigenvalue weighted by Gasteiger charge is -2.33. The van der Waals surface area contributed by atoms with Crippen LogP contribution in [-0.4, -0.2) is 99.5 Å². The number of aliphatic imine (C=N–C) groups is 2. The smallest absolute Gasteiger partial charge is 0.222 e. The van der Waals surface area contributed by atoms with Gasteiger partial charge >= 0.3 is 0 Å². The fraction of sp³-hybridized carbons (Fsp3) is 0.571. The molecular formula is C28H40N8O2. The number of nitrogens with one attached hydrogen (secondary N) is 1. The Morgan fingerprint density at radius 3 is 2.32 bits per heavy atom. The zero-order valence-corrected chi connectivity index (χ0v) is 22.7. The predicted molar refractivity (Wildman–Crippen MR) is 155 cm³/mol. The van der Waals surface area contributed by atoms with Gasteiger partial charge in [0.05, 0.1) is 43.1 Å². The van der Waals surface area contributed by atoms with Crippen LogP contribution in [0.5, 0.6) is 5.75 Å². The molecular weight excluding hydrogens is 480 g/mol. The van der Waals surface area contributed by atoms with E-state index in [0.29, 0.717) is 17.7 Å². The molecule has 10 nitrogen and oxygen atoms in total. The highest BCUT2D eigenvalue weighted by molar-refractivity contribution is 5.80. The minimum absolute atomic E-state index is 0.118. The number of piperazine rings is 1. The molecule has 3 aliphatic rings. The third-order valence-electron chi connectivity index (χ3n) is 7.65. The van der Waals surface area contributed by atoms with Crippen LogP contribution in [0, 0.1) is 0 Å². The zero-order chi connectivity index (χ0) is 26.3. The van der Waals surface area contributed by atoms with Gasteiger partial charge in [-0.3, -0.25) is 9.98 Å². The lowest BCUT2D eigenvalue weighted by molar-refractivity contribution is 0.122. The molecule has 1 saturated carbocycles. The van der Waals surface area contributed by atoms with E-state index < -0.39 is 0 Å². The van der Waals surface area contributed by atoms with Crippen molar-refractivity contribution in [2.24, 2.45) is 9.98 Å². The van der Waals surface area contributed by atoms with Gasteiger partial charge in [-0.05, 0) is 52.4 Å². The molecule has 5 rings (SSSR count). The van der Waals surface area contributed by atoms with Crippen molar-refractivity contribution >= 4 is 41.6 Å². The number of ether oxygens (including phenoxy) is 2. The first-order chi connectivity index (χ1) is 18.6. The van der Waals surface area contributed by atoms with Gasteiger partial charge in [0.2, 0.25) is 5.95 Å². The molecule has 1 aliphatic carbocycles. The largest absolute Gasteiger partial charge is 0.488 e. The normalized spacial score (nSPS) is 23.0. The van der Waals surface area contributed by atoms with Crippen molar-refractivity contribution in [3.63, 3.8) is 0 Å². The predicted octanol–water partition coefficient (Wildman–Crippen LogP) is 3.92. The van der Waals surface area contributed by atoms with E-state index in [1.165, 1.54) is 0 Å². The minimum Gasteiger partial charge on any atom is -0.488 e. The van der Waals surface area contributed by atoms with E-state index in [1.807, 2.05) is 19.3 Å². The van der Waals surface area contributed by atoms with Gasteiger partial charge in [0, 0.05) is 63.3 Å². The Kier molecular flexibility index (Phi) is 8.70. The Balaban J connectivity index is 1.19. The van der Waals surface area contributed by atoms with E-state index in [1.54, 1.807) is 6.21 Å². The summed E-state index contributed by atoms with van der Waals surface area (Å²) in [6, 6.07) is 4.49. The van der Waals surface area contributed by atoms with Crippen LogP contribution < -0.4 is 19.9 Å². The summed E-state index contributed by atoms with van der Waals surface area (Å²) in [5, 5.41) is 3.53. The summed E-state index contributed by atoms with van der Waals surface area (Å²) in [6.07, 6.45) is 9.67. The van der Waals surface area contributed by atoms with E-state index in [0.717, 1.165) is 101 Å². The van der Waals surface area contributed by atoms with Gasteiger partial charge in [-0.1, -0.05) is 0 Å². The van der Waals surface area contributed by atoms with Gasteiger partial charge in [-0.2, -0.15) is 0 Å². The Labute approximate surface area is 225 Å². The van der Waals surface area contributed by atoms with E-state index in [2.05, 4.69) is 65.9 Å². The summed E-state index contributed by atoms with van der Waals surface area (Å²) in [5.41, 5.74) is 3.67. The van der Waals surface area contributed by atoms with Crippen molar-refractivity contribution in [1.29, 1.82) is 0 Å². The average molecular weight is 521 g/mol. The number of morpholine rings is 1. The van der Waals surface area contributed by atoms with Crippen molar-refractivity contribution in [2.75, 3.05) is 74.6 Å². The Morgan fingerprint density at radius 1 is 0.974 bits per heavy atom. The number of hydrogen-bond acceptors (Lipinski definition) is 10. The van der Waals surface area contributed by atoms with E-state index in [9.17, 15) is 0 Å². The molecule has 0 unspecified atom stereocenters. The number of nitrogens with zero attached hydrogens (tertiary/aromatic N) is 7. The molecule has 3 heterocycles. The molecule has 1 N–H and O–H groups in total. The first-order valence-electron chi connectivity index (χ1n) is 13.8. The van der Waals surface area contributed by atoms with E-state index in [-0.39, 0.29) is 6.10 Å². The molecule has 3 fully saturated rings. The maximum atomic E-state index is 6.55. The molecule has 10 heteroatoms. The van der Waals surface area contributed by atoms with Gasteiger partial charge in [0.1, 0.15) is 11.4 Å². The minimum atomic E-state index is 0.118. The third-order valence-corrected chi connectivity index (χ3v) is 7.65. The summed E-state index contributed by atoms with van der Waals surface area (Å²) in [7, 11) is 2.16. The maximum Gasteiger partial charge on any atom is 0.222 e. The van der Waals surface area contributed by atoms with Gasteiger partial charge in [-0.15, -0.1) is 0 Å². The van der Waals surface area contributed by atoms with E-state index >= 15 is 0 Å². The lowest BCUT2D eigenvalue weighted by Crippen LogP contribution is -2.44. The molecule has 0 atom stereocenters. The maximum absolute atomic E-state index is 6.55. The summed E-state index contributed by atoms with van der Waals surface area (Å²) in [4.78, 5) is 25.1. The number of rotatable bonds is 8. The van der Waals surface area contributed by atoms with Crippen molar-refractivity contribution in [3.8, 4) is 5.75 Å². The zero-order valence-electron chi connectivity index (χ0n) is 22.7. The summed E-state index contributed by atoms with van der Waals surface area (Å²) in [5.74, 6) is 1.45. The van der Waals surface area contributed by atoms with E-state index in [4.69, 9.17) is 9.47 Å². The van der Waals surface area contributed by atoms with Crippen LogP contribution in [0.2, 0.25) is 0 Å². The molecule has 0 radical (unpaired) electrons. The first-order valence-corrected chi connectivity index (χ1v) is 13.8. The van der Waals surface area contributed by atoms with Crippen LogP contribution in [0.15, 0.2) is 34.5 Å². The topological polar surface area (TPSA) is 90.7 Å². The van der Waals surface area contributed by atoms with Gasteiger partial charge in [-0.25, -0.2) is 9.97 Å². The standard InChI is InChI=1S/C28H40N8O2/c1-4-30-25-17-22(36-13-15-37-16-14-36)18-26(27(25)29-2)38-24-7-5-21(6-8-24)33-28-31-19-23(20-32-28)35-11-9-34(3)10-12-35/h4,17-21,24H,2,5-16H2,1,3H3,(H,31,32,33). The number of hydrogen-bond donors (Lipinski definition) is 1. The summed E-state index contributed by atoms with van der Waals surface area (Å²) in [6.45, 7) is 13.0. The molecule has 2 saturated heterocycles. The Bertz CT molecular complexity index is 1090. The highest BCUT2D eigenvalue weighted by Gasteiger charge is 2.25. The molecule has 0 bridgehead atoms. The monoisotopic (exact) mass is 520 g/mol. The van der Waals surface area contributed by atoms with Crippen LogP contribution >= 0.6 is 0 Å². The number of aromatic nitrogens is 2. The molecule has 1 aromatic heterocycles. The third kappa shape index (κ3) is 6.42. The van der Waals surface area contributed by atoms with Crippen LogP contribution in [0.4, 0.5) is 28.7 Å². The highest BCUT2D eigenvalue weighted by Crippen LogP contribution is 2.43. The van der Waals surface area contributed by atoms with Gasteiger partial charge < -0.3 is 29.5 Å². The van der Waals surface area contributed by atoms with Crippen molar-refractivity contribution in [3.05, 3.63) is 24.5 Å². The Morgan fingerprint density at radius 2 is 1.66 bits per heavy atom. The molecule has 0 spiro atoms. The quantitative estimate of drug-likeness (QED) is 0.524. The fourth-order valence-corrected chi connectivity index (χ4v) is 5.38. The number of anilines is 3. The van der Waals surface area contributed by atoms with Crippen LogP contribution in [0.1, 0.15) is 32.6 Å². The van der Waals surface area contributed by atoms with Gasteiger partial charge in [0.15, 0.2) is 0 Å². The van der Waals surface area contributed by atoms with Crippen LogP contribution in [0.3, 0.4) is 0 Å². The van der Waals surface area contributed by atoms with Crippen LogP contribution in [-0.2, 0) is 4.74 Å². The molecule has 2 aromatic rings. The number of benzene rings is 1. The summed E-state index contributed by atoms with van der Waals surface area (Å²) >= 11 is 0. The molecule has 38 heavy (non-hydrogen) atoms. The highest BCUT2D eigenvalue weighted by atomic mass is 16.5. The fourth-order valence-electron chi connectivity index (χ4n) is 5.38. The van der Waals surface area contributed by atoms with Gasteiger partial charge in [0.25, 0.3) is 0 Å². The molecule has 0 amide bonds. The molecule has 1 aromatic carbocycles. The van der Waals surface area contributed by atoms with Crippen molar-refractivity contribution in [1.82, 2.24) is 14.9 Å². The Hall–Kier alpha value is -3.24. The lowest BCUT2D eigenvalue weighted by atomic mass is 9.93. The second-order valence-corrected chi connectivity index (χ2v) is 10.2. The van der Waals surface area contributed by atoms with Crippen molar-refractivity contribution < 1.29 is 9.47 Å². The number of likely N-dealkylation sites (N-methyl/N-ethyl adjacent to an activating group) is 1. The molecule has 204 valence electrons. The molecule has 2 aliphatic heterocycles. The second-order valence-electron chi connectivity index (χ2n) is 10.2. The first kappa shape index (κ1) is 26.4. The summed E-state index contributed by atoms with van der Waals surface area (Å²) < 4.78 is 12.1. The second kappa shape index (κ2) is 12.5. The van der Waals surface area contributed by atoms with Crippen LogP contribution in [0.25, 0.3) is 0 Å². The average Bonchev–Trinajstić information content (AvgIpc) is 2.95. The van der Waals surface area contributed by atoms with Crippen molar-refractivity contribution in [2.45, 2.75) is 44.8 Å². The SMILES string of the molecule is C=Nc1c(N=CC)cc(N2CCOCC2)cc1OC1CCC(Nc2ncc(N3CCN(C)CC3)cn2)CC1.